The van der Waals surface area contributed by atoms with Crippen LogP contribution >= 0.6 is 0 Å². The molecule has 1 aliphatic rings. The molecule has 2 rings (SSSR count). The van der Waals surface area contributed by atoms with Gasteiger partial charge in [0.15, 0.2) is 5.78 Å². The van der Waals surface area contributed by atoms with E-state index in [9.17, 15) is 9.59 Å². The van der Waals surface area contributed by atoms with Gasteiger partial charge in [-0.1, -0.05) is 24.3 Å². The lowest BCUT2D eigenvalue weighted by atomic mass is 9.97. The molecule has 0 radical (unpaired) electrons. The minimum Gasteiger partial charge on any atom is -0.383 e. The number of benzene rings is 1. The summed E-state index contributed by atoms with van der Waals surface area (Å²) in [6.45, 7) is 3.63. The standard InChI is InChI=1S/C16H21NO3/c1-12(18)15-5-3-13(4-6-15)9-14-10-16(19)17(11-14)7-8-20-2/h3-6,14H,7-11H2,1-2H3. The zero-order valence-electron chi connectivity index (χ0n) is 12.1. The smallest absolute Gasteiger partial charge is 0.223 e. The van der Waals surface area contributed by atoms with Crippen LogP contribution < -0.4 is 0 Å². The van der Waals surface area contributed by atoms with Crippen molar-refractivity contribution in [3.05, 3.63) is 35.4 Å². The summed E-state index contributed by atoms with van der Waals surface area (Å²) in [5.74, 6) is 0.660. The predicted molar refractivity (Wildman–Crippen MR) is 76.7 cm³/mol. The Morgan fingerprint density at radius 3 is 2.65 bits per heavy atom. The van der Waals surface area contributed by atoms with Crippen LogP contribution in [0.2, 0.25) is 0 Å². The van der Waals surface area contributed by atoms with Crippen LogP contribution in [0.1, 0.15) is 29.3 Å². The molecular formula is C16H21NO3. The normalized spacial score (nSPS) is 18.6. The molecular weight excluding hydrogens is 254 g/mol. The second-order valence-electron chi connectivity index (χ2n) is 5.36. The number of carbonyl (C=O) groups is 2. The van der Waals surface area contributed by atoms with Gasteiger partial charge in [-0.05, 0) is 24.8 Å². The Bertz CT molecular complexity index is 481. The van der Waals surface area contributed by atoms with Gasteiger partial charge in [0.1, 0.15) is 0 Å². The molecule has 1 atom stereocenters. The zero-order chi connectivity index (χ0) is 14.5. The fourth-order valence-electron chi connectivity index (χ4n) is 2.62. The fraction of sp³-hybridized carbons (Fsp3) is 0.500. The highest BCUT2D eigenvalue weighted by Crippen LogP contribution is 2.22. The lowest BCUT2D eigenvalue weighted by molar-refractivity contribution is -0.128. The number of nitrogens with zero attached hydrogens (tertiary/aromatic N) is 1. The van der Waals surface area contributed by atoms with E-state index >= 15 is 0 Å². The summed E-state index contributed by atoms with van der Waals surface area (Å²) in [6, 6.07) is 7.69. The Labute approximate surface area is 119 Å². The molecule has 0 bridgehead atoms. The van der Waals surface area contributed by atoms with E-state index in [1.54, 1.807) is 14.0 Å². The highest BCUT2D eigenvalue weighted by molar-refractivity contribution is 5.94. The molecule has 1 aromatic carbocycles. The second kappa shape index (κ2) is 6.66. The average molecular weight is 275 g/mol. The minimum absolute atomic E-state index is 0.0818. The Balaban J connectivity index is 1.91. The van der Waals surface area contributed by atoms with E-state index < -0.39 is 0 Å². The van der Waals surface area contributed by atoms with Crippen molar-refractivity contribution in [3.8, 4) is 0 Å². The molecule has 1 fully saturated rings. The molecule has 1 amide bonds. The first kappa shape index (κ1) is 14.7. The van der Waals surface area contributed by atoms with Gasteiger partial charge in [-0.15, -0.1) is 0 Å². The van der Waals surface area contributed by atoms with Crippen molar-refractivity contribution < 1.29 is 14.3 Å². The zero-order valence-corrected chi connectivity index (χ0v) is 12.1. The van der Waals surface area contributed by atoms with Crippen LogP contribution in [0.3, 0.4) is 0 Å². The molecule has 0 spiro atoms. The number of hydrogen-bond acceptors (Lipinski definition) is 3. The third kappa shape index (κ3) is 3.67. The molecule has 0 N–H and O–H groups in total. The quantitative estimate of drug-likeness (QED) is 0.745. The highest BCUT2D eigenvalue weighted by Gasteiger charge is 2.29. The number of amides is 1. The molecule has 20 heavy (non-hydrogen) atoms. The van der Waals surface area contributed by atoms with Crippen LogP contribution in [0, 0.1) is 5.92 Å². The third-order valence-corrected chi connectivity index (χ3v) is 3.74. The van der Waals surface area contributed by atoms with E-state index in [1.807, 2.05) is 29.2 Å². The van der Waals surface area contributed by atoms with E-state index in [0.717, 1.165) is 18.5 Å². The maximum Gasteiger partial charge on any atom is 0.223 e. The molecule has 1 unspecified atom stereocenters. The summed E-state index contributed by atoms with van der Waals surface area (Å²) in [5.41, 5.74) is 1.92. The number of ketones is 1. The molecule has 1 aromatic rings. The predicted octanol–water partition coefficient (Wildman–Crippen LogP) is 1.93. The third-order valence-electron chi connectivity index (χ3n) is 3.74. The van der Waals surface area contributed by atoms with Crippen molar-refractivity contribution in [2.24, 2.45) is 5.92 Å². The van der Waals surface area contributed by atoms with Gasteiger partial charge in [0.2, 0.25) is 5.91 Å². The lowest BCUT2D eigenvalue weighted by Crippen LogP contribution is -2.28. The van der Waals surface area contributed by atoms with Gasteiger partial charge in [0.05, 0.1) is 6.61 Å². The van der Waals surface area contributed by atoms with Crippen LogP contribution in [-0.4, -0.2) is 43.4 Å². The number of hydrogen-bond donors (Lipinski definition) is 0. The number of likely N-dealkylation sites (tertiary alicyclic amines) is 1. The van der Waals surface area contributed by atoms with E-state index in [0.29, 0.717) is 25.5 Å². The van der Waals surface area contributed by atoms with E-state index in [-0.39, 0.29) is 11.7 Å². The maximum atomic E-state index is 11.8. The SMILES string of the molecule is COCCN1CC(Cc2ccc(C(C)=O)cc2)CC1=O. The number of Topliss-reactive ketones (excluding diaryl/α,β-unsaturated/α-hetero) is 1. The van der Waals surface area contributed by atoms with Gasteiger partial charge in [0, 0.05) is 32.2 Å². The topological polar surface area (TPSA) is 46.6 Å². The average Bonchev–Trinajstić information content (AvgIpc) is 2.77. The molecule has 0 aromatic heterocycles. The van der Waals surface area contributed by atoms with E-state index in [4.69, 9.17) is 4.74 Å². The highest BCUT2D eigenvalue weighted by atomic mass is 16.5. The number of rotatable bonds is 6. The minimum atomic E-state index is 0.0818. The van der Waals surface area contributed by atoms with Gasteiger partial charge >= 0.3 is 0 Å². The van der Waals surface area contributed by atoms with Gasteiger partial charge < -0.3 is 9.64 Å². The van der Waals surface area contributed by atoms with Crippen LogP contribution in [-0.2, 0) is 16.0 Å². The van der Waals surface area contributed by atoms with Crippen LogP contribution in [0.4, 0.5) is 0 Å². The fourth-order valence-corrected chi connectivity index (χ4v) is 2.62. The first-order valence-corrected chi connectivity index (χ1v) is 6.96. The van der Waals surface area contributed by atoms with Crippen molar-refractivity contribution in [1.82, 2.24) is 4.90 Å². The second-order valence-corrected chi connectivity index (χ2v) is 5.36. The van der Waals surface area contributed by atoms with Gasteiger partial charge in [-0.3, -0.25) is 9.59 Å². The first-order valence-electron chi connectivity index (χ1n) is 6.96. The van der Waals surface area contributed by atoms with Gasteiger partial charge in [-0.25, -0.2) is 0 Å². The Kier molecular flexibility index (Phi) is 4.90. The van der Waals surface area contributed by atoms with Crippen molar-refractivity contribution in [3.63, 3.8) is 0 Å². The van der Waals surface area contributed by atoms with Crippen LogP contribution in [0.15, 0.2) is 24.3 Å². The van der Waals surface area contributed by atoms with Crippen molar-refractivity contribution in [1.29, 1.82) is 0 Å². The van der Waals surface area contributed by atoms with Crippen molar-refractivity contribution in [2.75, 3.05) is 26.8 Å². The van der Waals surface area contributed by atoms with Crippen LogP contribution in [0.25, 0.3) is 0 Å². The largest absolute Gasteiger partial charge is 0.383 e. The summed E-state index contributed by atoms with van der Waals surface area (Å²) in [4.78, 5) is 24.9. The summed E-state index contributed by atoms with van der Waals surface area (Å²) in [5, 5.41) is 0. The van der Waals surface area contributed by atoms with E-state index in [2.05, 4.69) is 0 Å². The molecule has 1 saturated heterocycles. The van der Waals surface area contributed by atoms with Crippen LogP contribution in [0.5, 0.6) is 0 Å². The maximum absolute atomic E-state index is 11.8. The molecule has 0 saturated carbocycles. The van der Waals surface area contributed by atoms with E-state index in [1.165, 1.54) is 5.56 Å². The molecule has 4 heteroatoms. The van der Waals surface area contributed by atoms with Crippen molar-refractivity contribution >= 4 is 11.7 Å². The van der Waals surface area contributed by atoms with Crippen molar-refractivity contribution in [2.45, 2.75) is 19.8 Å². The molecule has 1 heterocycles. The number of methoxy groups -OCH3 is 1. The van der Waals surface area contributed by atoms with Gasteiger partial charge in [0.25, 0.3) is 0 Å². The molecule has 0 aliphatic carbocycles. The molecule has 1 aliphatic heterocycles. The summed E-state index contributed by atoms with van der Waals surface area (Å²) >= 11 is 0. The number of ether oxygens (including phenoxy) is 1. The molecule has 108 valence electrons. The number of carbonyl (C=O) groups excluding carboxylic acids is 2. The Morgan fingerprint density at radius 1 is 1.35 bits per heavy atom. The Hall–Kier alpha value is -1.68. The van der Waals surface area contributed by atoms with Gasteiger partial charge in [-0.2, -0.15) is 0 Å². The molecule has 4 nitrogen and oxygen atoms in total. The monoisotopic (exact) mass is 275 g/mol. The summed E-state index contributed by atoms with van der Waals surface area (Å²) in [7, 11) is 1.65. The first-order chi connectivity index (χ1) is 9.60. The lowest BCUT2D eigenvalue weighted by Gasteiger charge is -2.16. The Morgan fingerprint density at radius 2 is 2.05 bits per heavy atom. The summed E-state index contributed by atoms with van der Waals surface area (Å²) in [6.07, 6.45) is 1.49. The summed E-state index contributed by atoms with van der Waals surface area (Å²) < 4.78 is 5.02.